The number of aromatic nitrogens is 5. The minimum absolute atomic E-state index is 0.0384. The van der Waals surface area contributed by atoms with E-state index in [1.165, 1.54) is 30.5 Å². The molecule has 0 unspecified atom stereocenters. The highest BCUT2D eigenvalue weighted by molar-refractivity contribution is 6.05. The monoisotopic (exact) mass is 697 g/mol. The lowest BCUT2D eigenvalue weighted by Gasteiger charge is -2.29. The number of amides is 2. The van der Waals surface area contributed by atoms with Crippen LogP contribution in [0.3, 0.4) is 0 Å². The number of halogens is 8. The Hall–Kier alpha value is -5.56. The zero-order chi connectivity index (χ0) is 35.2. The van der Waals surface area contributed by atoms with Crippen molar-refractivity contribution >= 4 is 18.0 Å². The summed E-state index contributed by atoms with van der Waals surface area (Å²) in [5.41, 5.74) is 4.30. The van der Waals surface area contributed by atoms with Gasteiger partial charge in [0.1, 0.15) is 24.3 Å². The van der Waals surface area contributed by atoms with Crippen molar-refractivity contribution in [2.24, 2.45) is 10.7 Å². The number of hydrogen-bond donors (Lipinski definition) is 2. The summed E-state index contributed by atoms with van der Waals surface area (Å²) in [6.07, 6.45) is -3.86. The predicted octanol–water partition coefficient (Wildman–Crippen LogP) is 5.50. The van der Waals surface area contributed by atoms with Crippen molar-refractivity contribution in [2.75, 3.05) is 6.61 Å². The van der Waals surface area contributed by atoms with E-state index in [0.29, 0.717) is 21.4 Å². The fraction of sp³-hybridized carbons (Fsp3) is 0.310. The Morgan fingerprint density at radius 1 is 1.04 bits per heavy atom. The summed E-state index contributed by atoms with van der Waals surface area (Å²) >= 11 is 0. The molecule has 0 radical (unpaired) electrons. The van der Waals surface area contributed by atoms with E-state index in [0.717, 1.165) is 35.6 Å². The van der Waals surface area contributed by atoms with E-state index in [1.54, 1.807) is 5.32 Å². The Morgan fingerprint density at radius 2 is 1.76 bits per heavy atom. The number of rotatable bonds is 10. The van der Waals surface area contributed by atoms with Gasteiger partial charge in [-0.2, -0.15) is 45.6 Å². The summed E-state index contributed by atoms with van der Waals surface area (Å²) in [6.45, 7) is -6.88. The molecule has 6 rings (SSSR count). The number of alkyl halides is 7. The van der Waals surface area contributed by atoms with Crippen molar-refractivity contribution in [2.45, 2.75) is 49.7 Å². The van der Waals surface area contributed by atoms with E-state index in [1.807, 2.05) is 0 Å². The first kappa shape index (κ1) is 33.3. The van der Waals surface area contributed by atoms with Gasteiger partial charge in [-0.3, -0.25) is 9.69 Å². The minimum Gasteiger partial charge on any atom is -0.447 e. The van der Waals surface area contributed by atoms with Crippen LogP contribution in [0.5, 0.6) is 0 Å². The largest absolute Gasteiger partial charge is 0.447 e. The average molecular weight is 698 g/mol. The van der Waals surface area contributed by atoms with Crippen LogP contribution in [-0.4, -0.2) is 65.7 Å². The van der Waals surface area contributed by atoms with Gasteiger partial charge in [0.15, 0.2) is 17.8 Å². The maximum Gasteiger partial charge on any atom is 0.411 e. The Balaban J connectivity index is 1.30. The lowest BCUT2D eigenvalue weighted by Crippen LogP contribution is -2.49. The molecule has 2 amide bonds. The number of nitrogens with one attached hydrogen (secondary N) is 1. The fourth-order valence-electron chi connectivity index (χ4n) is 5.29. The van der Waals surface area contributed by atoms with Gasteiger partial charge in [-0.25, -0.2) is 23.8 Å². The van der Waals surface area contributed by atoms with Gasteiger partial charge in [0.2, 0.25) is 0 Å². The highest BCUT2D eigenvalue weighted by Gasteiger charge is 2.64. The Labute approximate surface area is 270 Å². The lowest BCUT2D eigenvalue weighted by molar-refractivity contribution is -0.164. The number of aliphatic imine (C=N–C) groups is 1. The molecule has 1 fully saturated rings. The van der Waals surface area contributed by atoms with Gasteiger partial charge in [-0.05, 0) is 41.7 Å². The number of carbonyl (C=O) groups excluding carboxylic acids is 2. The highest BCUT2D eigenvalue weighted by atomic mass is 19.4. The van der Waals surface area contributed by atoms with Crippen LogP contribution >= 0.6 is 0 Å². The summed E-state index contributed by atoms with van der Waals surface area (Å²) in [5, 5.41) is 8.75. The van der Waals surface area contributed by atoms with Crippen LogP contribution in [-0.2, 0) is 9.53 Å². The van der Waals surface area contributed by atoms with Gasteiger partial charge in [-0.1, -0.05) is 30.3 Å². The number of benzene rings is 2. The normalized spacial score (nSPS) is 17.8. The molecule has 1 aliphatic heterocycles. The third-order valence-electron chi connectivity index (χ3n) is 8.03. The van der Waals surface area contributed by atoms with Crippen molar-refractivity contribution in [3.63, 3.8) is 0 Å². The van der Waals surface area contributed by atoms with Gasteiger partial charge < -0.3 is 15.8 Å². The molecule has 2 aliphatic rings. The second-order valence-corrected chi connectivity index (χ2v) is 11.1. The maximum atomic E-state index is 15.0. The topological polar surface area (TPSA) is 146 Å². The zero-order valence-corrected chi connectivity index (χ0v) is 24.7. The first-order valence-electron chi connectivity index (χ1n) is 14.3. The third-order valence-corrected chi connectivity index (χ3v) is 8.03. The molecule has 3 N–H and O–H groups in total. The Bertz CT molecular complexity index is 1900. The molecule has 49 heavy (non-hydrogen) atoms. The molecular formula is C29H23F8N9O3. The van der Waals surface area contributed by atoms with E-state index in [-0.39, 0.29) is 23.1 Å². The SMILES string of the molecule is NC1=N[C@H](c2ccc(-c3cnn(C(F)F)c3)cc2)C(=O)N1[C@H](COC(=O)NC1(C(F)(F)F)CC1)c1ccc(F)c(-c2ncnn2C(F)F)c1. The number of nitrogens with two attached hydrogens (primary N) is 1. The lowest BCUT2D eigenvalue weighted by atomic mass is 10.00. The van der Waals surface area contributed by atoms with Crippen LogP contribution in [0.2, 0.25) is 0 Å². The van der Waals surface area contributed by atoms with Crippen molar-refractivity contribution in [1.82, 2.24) is 34.8 Å². The summed E-state index contributed by atoms with van der Waals surface area (Å²) in [6, 6.07) is 6.31. The first-order valence-corrected chi connectivity index (χ1v) is 14.3. The van der Waals surface area contributed by atoms with E-state index in [9.17, 15) is 44.7 Å². The number of hydrogen-bond acceptors (Lipinski definition) is 8. The van der Waals surface area contributed by atoms with Crippen LogP contribution in [0, 0.1) is 5.82 Å². The Kier molecular flexibility index (Phi) is 8.49. The number of guanidine groups is 1. The van der Waals surface area contributed by atoms with E-state index in [2.05, 4.69) is 20.2 Å². The molecule has 20 heteroatoms. The molecule has 2 atom stereocenters. The smallest absolute Gasteiger partial charge is 0.411 e. The first-order chi connectivity index (χ1) is 23.2. The standard InChI is InChI=1S/C29H23F8N9O3/c30-19-6-5-16(9-18(19)22-39-13-41-46(22)25(33)34)20(12-49-27(48)43-28(7-8-28)29(35,36)37)45-23(47)21(42-26(45)38)15-3-1-14(2-4-15)17-10-40-44(11-17)24(31)32/h1-6,9-11,13,20-21,24-25H,7-8,12H2,(H2,38,42)(H,43,48)/t20-,21-/m1/s1. The second kappa shape index (κ2) is 12.5. The molecule has 0 saturated heterocycles. The number of ether oxygens (including phenoxy) is 1. The number of alkyl carbamates (subject to hydrolysis) is 1. The van der Waals surface area contributed by atoms with Gasteiger partial charge >= 0.3 is 25.4 Å². The van der Waals surface area contributed by atoms with Gasteiger partial charge in [0.05, 0.1) is 17.8 Å². The fourth-order valence-corrected chi connectivity index (χ4v) is 5.29. The van der Waals surface area contributed by atoms with Crippen LogP contribution in [0.25, 0.3) is 22.5 Å². The molecular weight excluding hydrogens is 674 g/mol. The van der Waals surface area contributed by atoms with Crippen LogP contribution < -0.4 is 11.1 Å². The van der Waals surface area contributed by atoms with E-state index in [4.69, 9.17) is 10.5 Å². The van der Waals surface area contributed by atoms with Crippen LogP contribution in [0.4, 0.5) is 39.9 Å². The van der Waals surface area contributed by atoms with Crippen molar-refractivity contribution in [3.05, 3.63) is 78.1 Å². The molecule has 12 nitrogen and oxygen atoms in total. The van der Waals surface area contributed by atoms with Gasteiger partial charge in [0.25, 0.3) is 5.91 Å². The van der Waals surface area contributed by atoms with Crippen LogP contribution in [0.15, 0.2) is 66.2 Å². The summed E-state index contributed by atoms with van der Waals surface area (Å²) in [4.78, 5) is 35.2. The second-order valence-electron chi connectivity index (χ2n) is 11.1. The average Bonchev–Trinajstić information content (AvgIpc) is 3.37. The van der Waals surface area contributed by atoms with Gasteiger partial charge in [-0.15, -0.1) is 0 Å². The summed E-state index contributed by atoms with van der Waals surface area (Å²) in [5.74, 6) is -2.80. The Morgan fingerprint density at radius 3 is 2.37 bits per heavy atom. The number of carbonyl (C=O) groups is 2. The molecule has 0 bridgehead atoms. The molecule has 258 valence electrons. The molecule has 1 aliphatic carbocycles. The molecule has 3 heterocycles. The maximum absolute atomic E-state index is 15.0. The molecule has 1 saturated carbocycles. The van der Waals surface area contributed by atoms with Gasteiger partial charge in [0, 0.05) is 11.8 Å². The van der Waals surface area contributed by atoms with Crippen molar-refractivity contribution in [1.29, 1.82) is 0 Å². The van der Waals surface area contributed by atoms with E-state index >= 15 is 0 Å². The van der Waals surface area contributed by atoms with E-state index < -0.39 is 78.7 Å². The minimum atomic E-state index is -4.76. The predicted molar refractivity (Wildman–Crippen MR) is 152 cm³/mol. The highest BCUT2D eigenvalue weighted by Crippen LogP contribution is 2.49. The molecule has 0 spiro atoms. The zero-order valence-electron chi connectivity index (χ0n) is 24.7. The number of nitrogens with zero attached hydrogens (tertiary/aromatic N) is 7. The third kappa shape index (κ3) is 6.36. The van der Waals surface area contributed by atoms with Crippen molar-refractivity contribution < 1.29 is 49.4 Å². The molecule has 2 aromatic carbocycles. The molecule has 2 aromatic heterocycles. The summed E-state index contributed by atoms with van der Waals surface area (Å²) in [7, 11) is 0. The van der Waals surface area contributed by atoms with Crippen LogP contribution in [0.1, 0.15) is 49.2 Å². The quantitative estimate of drug-likeness (QED) is 0.208. The molecule has 4 aromatic rings. The summed E-state index contributed by atoms with van der Waals surface area (Å²) < 4.78 is 114. The van der Waals surface area contributed by atoms with Crippen molar-refractivity contribution in [3.8, 4) is 22.5 Å².